The van der Waals surface area contributed by atoms with Crippen molar-refractivity contribution in [2.45, 2.75) is 13.1 Å². The summed E-state index contributed by atoms with van der Waals surface area (Å²) in [4.78, 5) is 12.9. The van der Waals surface area contributed by atoms with E-state index in [1.807, 2.05) is 0 Å². The first-order chi connectivity index (χ1) is 6.70. The smallest absolute Gasteiger partial charge is 0.238 e. The van der Waals surface area contributed by atoms with E-state index in [9.17, 15) is 9.18 Å². The van der Waals surface area contributed by atoms with E-state index in [4.69, 9.17) is 11.6 Å². The maximum absolute atomic E-state index is 12.8. The summed E-state index contributed by atoms with van der Waals surface area (Å²) in [6, 6.07) is 4.59. The molecule has 0 saturated heterocycles. The number of fused-ring (bicyclic) bond motifs is 1. The maximum atomic E-state index is 12.8. The first-order valence-corrected chi connectivity index (χ1v) is 4.85. The Labute approximate surface area is 86.3 Å². The van der Waals surface area contributed by atoms with Crippen LogP contribution in [0.15, 0.2) is 18.2 Å². The highest BCUT2D eigenvalue weighted by atomic mass is 35.5. The third-order valence-corrected chi connectivity index (χ3v) is 2.59. The van der Waals surface area contributed by atoms with Gasteiger partial charge in [0.15, 0.2) is 0 Å². The molecule has 1 aliphatic rings. The van der Waals surface area contributed by atoms with Crippen molar-refractivity contribution in [1.82, 2.24) is 4.90 Å². The standard InChI is InChI=1S/C10H9ClFNO/c11-4-10(14)13-5-7-1-2-9(12)3-8(7)6-13/h1-3H,4-6H2. The summed E-state index contributed by atoms with van der Waals surface area (Å²) in [5.74, 6) is -0.386. The Morgan fingerprint density at radius 1 is 1.43 bits per heavy atom. The molecule has 0 saturated carbocycles. The number of rotatable bonds is 1. The molecule has 0 aromatic heterocycles. The number of halogens is 2. The maximum Gasteiger partial charge on any atom is 0.238 e. The molecule has 0 spiro atoms. The largest absolute Gasteiger partial charge is 0.333 e. The minimum Gasteiger partial charge on any atom is -0.333 e. The molecule has 1 aliphatic heterocycles. The highest BCUT2D eigenvalue weighted by molar-refractivity contribution is 6.27. The van der Waals surface area contributed by atoms with Crippen LogP contribution in [-0.4, -0.2) is 16.7 Å². The Balaban J connectivity index is 2.22. The van der Waals surface area contributed by atoms with Crippen molar-refractivity contribution in [2.24, 2.45) is 0 Å². The molecule has 2 rings (SSSR count). The first-order valence-electron chi connectivity index (χ1n) is 4.32. The van der Waals surface area contributed by atoms with Crippen LogP contribution in [0.1, 0.15) is 11.1 Å². The van der Waals surface area contributed by atoms with Crippen molar-refractivity contribution in [3.63, 3.8) is 0 Å². The van der Waals surface area contributed by atoms with Gasteiger partial charge in [-0.1, -0.05) is 6.07 Å². The summed E-state index contributed by atoms with van der Waals surface area (Å²) in [6.45, 7) is 1.01. The van der Waals surface area contributed by atoms with Gasteiger partial charge in [-0.2, -0.15) is 0 Å². The second kappa shape index (κ2) is 3.58. The van der Waals surface area contributed by atoms with Crippen molar-refractivity contribution >= 4 is 17.5 Å². The summed E-state index contributed by atoms with van der Waals surface area (Å²) in [6.07, 6.45) is 0. The van der Waals surface area contributed by atoms with E-state index in [0.29, 0.717) is 13.1 Å². The number of carbonyl (C=O) groups excluding carboxylic acids is 1. The van der Waals surface area contributed by atoms with E-state index in [2.05, 4.69) is 0 Å². The lowest BCUT2D eigenvalue weighted by molar-refractivity contribution is -0.129. The van der Waals surface area contributed by atoms with Crippen LogP contribution >= 0.6 is 11.6 Å². The summed E-state index contributed by atoms with van der Waals surface area (Å²) >= 11 is 5.44. The van der Waals surface area contributed by atoms with Gasteiger partial charge in [0.1, 0.15) is 11.7 Å². The van der Waals surface area contributed by atoms with Crippen molar-refractivity contribution in [1.29, 1.82) is 0 Å². The van der Waals surface area contributed by atoms with Gasteiger partial charge in [0.05, 0.1) is 0 Å². The number of amides is 1. The highest BCUT2D eigenvalue weighted by Gasteiger charge is 2.22. The predicted octanol–water partition coefficient (Wildman–Crippen LogP) is 1.91. The highest BCUT2D eigenvalue weighted by Crippen LogP contribution is 2.23. The second-order valence-electron chi connectivity index (χ2n) is 3.30. The number of hydrogen-bond donors (Lipinski definition) is 0. The van der Waals surface area contributed by atoms with Gasteiger partial charge in [-0.15, -0.1) is 11.6 Å². The average molecular weight is 214 g/mol. The molecular formula is C10H9ClFNO. The molecule has 2 nitrogen and oxygen atoms in total. The SMILES string of the molecule is O=C(CCl)N1Cc2ccc(F)cc2C1. The monoisotopic (exact) mass is 213 g/mol. The fourth-order valence-electron chi connectivity index (χ4n) is 1.62. The van der Waals surface area contributed by atoms with Crippen LogP contribution in [0.4, 0.5) is 4.39 Å². The first kappa shape index (κ1) is 9.46. The zero-order valence-corrected chi connectivity index (χ0v) is 8.22. The molecule has 0 N–H and O–H groups in total. The molecule has 0 atom stereocenters. The van der Waals surface area contributed by atoms with E-state index in [0.717, 1.165) is 11.1 Å². The molecule has 1 heterocycles. The van der Waals surface area contributed by atoms with Gasteiger partial charge in [0.2, 0.25) is 5.91 Å². The molecule has 0 radical (unpaired) electrons. The molecule has 1 amide bonds. The van der Waals surface area contributed by atoms with E-state index in [1.54, 1.807) is 11.0 Å². The Bertz CT molecular complexity index is 380. The minimum absolute atomic E-state index is 0.0174. The Kier molecular flexibility index (Phi) is 2.42. The van der Waals surface area contributed by atoms with Crippen LogP contribution in [0.5, 0.6) is 0 Å². The van der Waals surface area contributed by atoms with E-state index >= 15 is 0 Å². The van der Waals surface area contributed by atoms with Crippen molar-refractivity contribution in [3.05, 3.63) is 35.1 Å². The topological polar surface area (TPSA) is 20.3 Å². The molecule has 0 bridgehead atoms. The van der Waals surface area contributed by atoms with Crippen LogP contribution in [0.2, 0.25) is 0 Å². The van der Waals surface area contributed by atoms with E-state index < -0.39 is 0 Å². The molecule has 4 heteroatoms. The number of nitrogens with zero attached hydrogens (tertiary/aromatic N) is 1. The van der Waals surface area contributed by atoms with Crippen LogP contribution in [0.3, 0.4) is 0 Å². The Morgan fingerprint density at radius 2 is 2.14 bits per heavy atom. The van der Waals surface area contributed by atoms with Crippen LogP contribution in [0.25, 0.3) is 0 Å². The molecule has 74 valence electrons. The van der Waals surface area contributed by atoms with Gasteiger partial charge in [-0.05, 0) is 23.3 Å². The van der Waals surface area contributed by atoms with Gasteiger partial charge in [0.25, 0.3) is 0 Å². The van der Waals surface area contributed by atoms with E-state index in [-0.39, 0.29) is 17.6 Å². The second-order valence-corrected chi connectivity index (χ2v) is 3.56. The molecule has 0 unspecified atom stereocenters. The fraction of sp³-hybridized carbons (Fsp3) is 0.300. The molecule has 14 heavy (non-hydrogen) atoms. The van der Waals surface area contributed by atoms with Gasteiger partial charge in [0, 0.05) is 13.1 Å². The number of hydrogen-bond acceptors (Lipinski definition) is 1. The van der Waals surface area contributed by atoms with E-state index in [1.165, 1.54) is 12.1 Å². The molecule has 1 aromatic carbocycles. The zero-order valence-electron chi connectivity index (χ0n) is 7.46. The summed E-state index contributed by atoms with van der Waals surface area (Å²) in [5, 5.41) is 0. The summed E-state index contributed by atoms with van der Waals surface area (Å²) < 4.78 is 12.8. The summed E-state index contributed by atoms with van der Waals surface area (Å²) in [7, 11) is 0. The molecule has 0 fully saturated rings. The Hall–Kier alpha value is -1.09. The zero-order chi connectivity index (χ0) is 10.1. The summed E-state index contributed by atoms with van der Waals surface area (Å²) in [5.41, 5.74) is 1.88. The number of alkyl halides is 1. The third-order valence-electron chi connectivity index (χ3n) is 2.36. The molecular weight excluding hydrogens is 205 g/mol. The van der Waals surface area contributed by atoms with Crippen molar-refractivity contribution < 1.29 is 9.18 Å². The van der Waals surface area contributed by atoms with Gasteiger partial charge in [-0.25, -0.2) is 4.39 Å². The van der Waals surface area contributed by atoms with Gasteiger partial charge in [-0.3, -0.25) is 4.79 Å². The minimum atomic E-state index is -0.260. The predicted molar refractivity (Wildman–Crippen MR) is 51.4 cm³/mol. The Morgan fingerprint density at radius 3 is 2.86 bits per heavy atom. The average Bonchev–Trinajstić information content (AvgIpc) is 2.59. The van der Waals surface area contributed by atoms with Crippen LogP contribution in [0, 0.1) is 5.82 Å². The molecule has 0 aliphatic carbocycles. The lowest BCUT2D eigenvalue weighted by Gasteiger charge is -2.12. The van der Waals surface area contributed by atoms with Crippen LogP contribution in [-0.2, 0) is 17.9 Å². The van der Waals surface area contributed by atoms with Crippen molar-refractivity contribution in [2.75, 3.05) is 5.88 Å². The van der Waals surface area contributed by atoms with Crippen LogP contribution < -0.4 is 0 Å². The van der Waals surface area contributed by atoms with Gasteiger partial charge >= 0.3 is 0 Å². The normalized spacial score (nSPS) is 14.3. The molecule has 1 aromatic rings. The lowest BCUT2D eigenvalue weighted by Crippen LogP contribution is -2.26. The third kappa shape index (κ3) is 1.60. The fourth-order valence-corrected chi connectivity index (χ4v) is 1.79. The van der Waals surface area contributed by atoms with Gasteiger partial charge < -0.3 is 4.90 Å². The quantitative estimate of drug-likeness (QED) is 0.653. The lowest BCUT2D eigenvalue weighted by atomic mass is 10.1. The number of carbonyl (C=O) groups is 1. The number of benzene rings is 1. The van der Waals surface area contributed by atoms with Crippen molar-refractivity contribution in [3.8, 4) is 0 Å².